The quantitative estimate of drug-likeness (QED) is 0.464. The highest BCUT2D eigenvalue weighted by Gasteiger charge is 2.39. The molecule has 0 saturated carbocycles. The van der Waals surface area contributed by atoms with Crippen LogP contribution in [0.4, 0.5) is 0 Å². The van der Waals surface area contributed by atoms with Crippen LogP contribution in [0.1, 0.15) is 59.7 Å². The number of fused-ring (bicyclic) bond motifs is 2. The first kappa shape index (κ1) is 18.7. The van der Waals surface area contributed by atoms with Gasteiger partial charge in [-0.1, -0.05) is 50.2 Å². The van der Waals surface area contributed by atoms with Gasteiger partial charge >= 0.3 is 0 Å². The lowest BCUT2D eigenvalue weighted by Crippen LogP contribution is -2.41. The minimum Gasteiger partial charge on any atom is -0.348 e. The van der Waals surface area contributed by atoms with E-state index in [4.69, 9.17) is 5.10 Å². The number of nitrogens with one attached hydrogen (secondary N) is 2. The molecule has 4 nitrogen and oxygen atoms in total. The van der Waals surface area contributed by atoms with Gasteiger partial charge in [-0.25, -0.2) is 5.43 Å². The summed E-state index contributed by atoms with van der Waals surface area (Å²) in [5.41, 5.74) is 12.7. The second kappa shape index (κ2) is 7.08. The molecule has 0 heterocycles. The number of hydrazone groups is 1. The molecular formula is C24H30N4. The summed E-state index contributed by atoms with van der Waals surface area (Å²) in [4.78, 5) is 4.43. The molecule has 0 saturated heterocycles. The Balaban J connectivity index is 1.55. The summed E-state index contributed by atoms with van der Waals surface area (Å²) < 4.78 is 0. The maximum atomic E-state index is 4.76. The number of aryl methyl sites for hydroxylation is 2. The minimum absolute atomic E-state index is 0.127. The van der Waals surface area contributed by atoms with Gasteiger partial charge in [-0.05, 0) is 66.3 Å². The van der Waals surface area contributed by atoms with Gasteiger partial charge in [0.05, 0.1) is 11.8 Å². The molecule has 0 fully saturated rings. The molecule has 0 radical (unpaired) electrons. The summed E-state index contributed by atoms with van der Waals surface area (Å²) in [5.74, 6) is 0.723. The normalized spacial score (nSPS) is 21.5. The Morgan fingerprint density at radius 1 is 1.04 bits per heavy atom. The molecular weight excluding hydrogens is 344 g/mol. The van der Waals surface area contributed by atoms with Crippen LogP contribution in [-0.2, 0) is 12.8 Å². The summed E-state index contributed by atoms with van der Waals surface area (Å²) in [6.07, 6.45) is 3.11. The molecule has 2 aliphatic rings. The molecule has 1 unspecified atom stereocenters. The van der Waals surface area contributed by atoms with Crippen molar-refractivity contribution in [3.63, 3.8) is 0 Å². The summed E-state index contributed by atoms with van der Waals surface area (Å²) >= 11 is 0. The van der Waals surface area contributed by atoms with E-state index in [1.807, 2.05) is 0 Å². The second-order valence-electron chi connectivity index (χ2n) is 8.74. The number of benzene rings is 2. The fourth-order valence-corrected chi connectivity index (χ4v) is 4.74. The molecule has 4 rings (SSSR count). The summed E-state index contributed by atoms with van der Waals surface area (Å²) in [6, 6.07) is 13.3. The van der Waals surface area contributed by atoms with Crippen molar-refractivity contribution in [2.45, 2.75) is 53.0 Å². The zero-order valence-electron chi connectivity index (χ0n) is 17.6. The topological polar surface area (TPSA) is 48.8 Å². The van der Waals surface area contributed by atoms with Crippen LogP contribution < -0.4 is 10.7 Å². The number of aliphatic imine (C=N–C) groups is 1. The Bertz CT molecular complexity index is 969. The Kier molecular flexibility index (Phi) is 4.74. The maximum absolute atomic E-state index is 4.76. The molecule has 2 aromatic carbocycles. The highest BCUT2D eigenvalue weighted by molar-refractivity contribution is 6.06. The van der Waals surface area contributed by atoms with Gasteiger partial charge < -0.3 is 5.32 Å². The first-order chi connectivity index (χ1) is 13.4. The third-order valence-electron chi connectivity index (χ3n) is 6.25. The number of hydrogen-bond donors (Lipinski definition) is 2. The van der Waals surface area contributed by atoms with E-state index >= 15 is 0 Å². The molecule has 28 heavy (non-hydrogen) atoms. The average molecular weight is 375 g/mol. The van der Waals surface area contributed by atoms with Crippen molar-refractivity contribution in [3.8, 4) is 0 Å². The van der Waals surface area contributed by atoms with E-state index in [0.29, 0.717) is 0 Å². The van der Waals surface area contributed by atoms with Crippen molar-refractivity contribution >= 4 is 11.7 Å². The highest BCUT2D eigenvalue weighted by atomic mass is 15.4. The van der Waals surface area contributed by atoms with Crippen molar-refractivity contribution in [1.29, 1.82) is 0 Å². The van der Waals surface area contributed by atoms with Crippen LogP contribution in [0.3, 0.4) is 0 Å². The molecule has 1 atom stereocenters. The lowest BCUT2D eigenvalue weighted by Gasteiger charge is -2.29. The van der Waals surface area contributed by atoms with Gasteiger partial charge in [-0.3, -0.25) is 4.99 Å². The van der Waals surface area contributed by atoms with Gasteiger partial charge in [0.1, 0.15) is 0 Å². The third-order valence-corrected chi connectivity index (χ3v) is 6.25. The van der Waals surface area contributed by atoms with Gasteiger partial charge in [-0.2, -0.15) is 5.10 Å². The molecule has 2 N–H and O–H groups in total. The number of guanidine groups is 1. The van der Waals surface area contributed by atoms with Crippen molar-refractivity contribution < 1.29 is 0 Å². The first-order valence-electron chi connectivity index (χ1n) is 10.1. The van der Waals surface area contributed by atoms with Crippen molar-refractivity contribution in [2.24, 2.45) is 15.5 Å². The van der Waals surface area contributed by atoms with E-state index in [2.05, 4.69) is 79.8 Å². The summed E-state index contributed by atoms with van der Waals surface area (Å²) in [5, 5.41) is 8.37. The van der Waals surface area contributed by atoms with Crippen LogP contribution in [0.15, 0.2) is 46.5 Å². The van der Waals surface area contributed by atoms with Crippen LogP contribution in [-0.4, -0.2) is 18.7 Å². The Morgan fingerprint density at radius 2 is 1.79 bits per heavy atom. The standard InChI is InChI=1S/C24H30N4/c1-15-10-11-16(2)21-18(15)12-13-20(21)27-28-23(25-5)26-22-19-9-7-6-8-17(19)14-24(22,3)4/h6-11,22H,12-14H2,1-5H3,(H2,25,26,28). The van der Waals surface area contributed by atoms with Crippen LogP contribution in [0.2, 0.25) is 0 Å². The summed E-state index contributed by atoms with van der Waals surface area (Å²) in [6.45, 7) is 8.98. The smallest absolute Gasteiger partial charge is 0.212 e. The van der Waals surface area contributed by atoms with E-state index < -0.39 is 0 Å². The van der Waals surface area contributed by atoms with Crippen LogP contribution in [0, 0.1) is 19.3 Å². The van der Waals surface area contributed by atoms with E-state index in [9.17, 15) is 0 Å². The van der Waals surface area contributed by atoms with Gasteiger partial charge in [0.2, 0.25) is 5.96 Å². The zero-order valence-corrected chi connectivity index (χ0v) is 17.6. The number of hydrogen-bond acceptors (Lipinski definition) is 2. The van der Waals surface area contributed by atoms with Crippen LogP contribution in [0.5, 0.6) is 0 Å². The van der Waals surface area contributed by atoms with Crippen molar-refractivity contribution in [1.82, 2.24) is 10.7 Å². The molecule has 2 aliphatic carbocycles. The molecule has 0 aliphatic heterocycles. The lowest BCUT2D eigenvalue weighted by atomic mass is 9.85. The average Bonchev–Trinajstić information content (AvgIpc) is 3.21. The van der Waals surface area contributed by atoms with Gasteiger partial charge in [0, 0.05) is 12.6 Å². The third kappa shape index (κ3) is 3.21. The molecule has 4 heteroatoms. The Morgan fingerprint density at radius 3 is 2.57 bits per heavy atom. The second-order valence-corrected chi connectivity index (χ2v) is 8.74. The monoisotopic (exact) mass is 374 g/mol. The van der Waals surface area contributed by atoms with Crippen molar-refractivity contribution in [3.05, 3.63) is 69.8 Å². The fraction of sp³-hybridized carbons (Fsp3) is 0.417. The van der Waals surface area contributed by atoms with Crippen LogP contribution >= 0.6 is 0 Å². The predicted molar refractivity (Wildman–Crippen MR) is 117 cm³/mol. The SMILES string of the molecule is CN=C(NN=C1CCc2c(C)ccc(C)c21)NC1c2ccccc2CC1(C)C. The largest absolute Gasteiger partial charge is 0.348 e. The van der Waals surface area contributed by atoms with E-state index in [1.165, 1.54) is 33.4 Å². The molecule has 0 aromatic heterocycles. The van der Waals surface area contributed by atoms with E-state index in [0.717, 1.165) is 30.9 Å². The van der Waals surface area contributed by atoms with Gasteiger partial charge in [-0.15, -0.1) is 0 Å². The highest BCUT2D eigenvalue weighted by Crippen LogP contribution is 2.44. The molecule has 0 spiro atoms. The van der Waals surface area contributed by atoms with Crippen LogP contribution in [0.25, 0.3) is 0 Å². The van der Waals surface area contributed by atoms with E-state index in [-0.39, 0.29) is 11.5 Å². The van der Waals surface area contributed by atoms with E-state index in [1.54, 1.807) is 7.05 Å². The zero-order chi connectivity index (χ0) is 19.9. The molecule has 2 aromatic rings. The Labute approximate surface area is 168 Å². The minimum atomic E-state index is 0.127. The molecule has 0 amide bonds. The maximum Gasteiger partial charge on any atom is 0.212 e. The molecule has 146 valence electrons. The van der Waals surface area contributed by atoms with Gasteiger partial charge in [0.15, 0.2) is 0 Å². The first-order valence-corrected chi connectivity index (χ1v) is 10.1. The van der Waals surface area contributed by atoms with Gasteiger partial charge in [0.25, 0.3) is 0 Å². The number of nitrogens with zero attached hydrogens (tertiary/aromatic N) is 2. The molecule has 0 bridgehead atoms. The summed E-state index contributed by atoms with van der Waals surface area (Å²) in [7, 11) is 1.81. The van der Waals surface area contributed by atoms with Crippen molar-refractivity contribution in [2.75, 3.05) is 7.05 Å². The predicted octanol–water partition coefficient (Wildman–Crippen LogP) is 4.44. The Hall–Kier alpha value is -2.62. The fourth-order valence-electron chi connectivity index (χ4n) is 4.74. The number of rotatable bonds is 2. The lowest BCUT2D eigenvalue weighted by molar-refractivity contribution is 0.295.